The van der Waals surface area contributed by atoms with E-state index in [0.717, 1.165) is 89.1 Å². The Balaban J connectivity index is 1.32. The van der Waals surface area contributed by atoms with Crippen LogP contribution in [0.15, 0.2) is 60.7 Å². The Morgan fingerprint density at radius 1 is 0.622 bits per heavy atom. The average molecular weight is 636 g/mol. The molecule has 5 nitrogen and oxygen atoms in total. The second-order valence-corrected chi connectivity index (χ2v) is 11.8. The second kappa shape index (κ2) is 14.9. The topological polar surface area (TPSA) is 45.8 Å². The van der Waals surface area contributed by atoms with Gasteiger partial charge in [0.05, 0.1) is 11.1 Å². The third-order valence-electron chi connectivity index (χ3n) is 8.30. The first-order chi connectivity index (χ1) is 21.5. The van der Waals surface area contributed by atoms with Crippen LogP contribution in [0, 0.1) is 5.92 Å². The standard InChI is InChI=1S/C34H39F6N3O2/c35-33(36,37)29-12-6-25(20-24-4-1-2-14-41-15-3-5-24)21-31(29)44-27-8-10-28(11-9-27)45-32-22-26(7-13-30(32)34(38,39)40)23-43-18-16-42-17-19-43/h6-13,21-22,24,41-42H,1-5,14-20,23H2. The molecule has 2 saturated heterocycles. The molecule has 2 heterocycles. The number of hydrogen-bond donors (Lipinski definition) is 2. The smallest absolute Gasteiger partial charge is 0.419 e. The quantitative estimate of drug-likeness (QED) is 0.244. The van der Waals surface area contributed by atoms with E-state index in [4.69, 9.17) is 9.47 Å². The van der Waals surface area contributed by atoms with E-state index >= 15 is 0 Å². The van der Waals surface area contributed by atoms with Gasteiger partial charge >= 0.3 is 12.4 Å². The first-order valence-electron chi connectivity index (χ1n) is 15.5. The summed E-state index contributed by atoms with van der Waals surface area (Å²) in [6.45, 7) is 5.61. The third kappa shape index (κ3) is 9.61. The van der Waals surface area contributed by atoms with Crippen molar-refractivity contribution in [2.24, 2.45) is 5.92 Å². The summed E-state index contributed by atoms with van der Waals surface area (Å²) in [5.74, 6) is -0.0496. The third-order valence-corrected chi connectivity index (χ3v) is 8.30. The number of ether oxygens (including phenoxy) is 2. The van der Waals surface area contributed by atoms with E-state index in [1.807, 2.05) is 0 Å². The van der Waals surface area contributed by atoms with Gasteiger partial charge in [0, 0.05) is 32.7 Å². The number of nitrogens with zero attached hydrogens (tertiary/aromatic N) is 1. The average Bonchev–Trinajstić information content (AvgIpc) is 3.12. The fourth-order valence-electron chi connectivity index (χ4n) is 5.96. The number of rotatable bonds is 8. The zero-order valence-electron chi connectivity index (χ0n) is 25.1. The van der Waals surface area contributed by atoms with Crippen LogP contribution in [0.3, 0.4) is 0 Å². The molecule has 0 bridgehead atoms. The largest absolute Gasteiger partial charge is 0.457 e. The summed E-state index contributed by atoms with van der Waals surface area (Å²) in [4.78, 5) is 2.15. The molecule has 5 rings (SSSR count). The van der Waals surface area contributed by atoms with Gasteiger partial charge in [-0.15, -0.1) is 0 Å². The van der Waals surface area contributed by atoms with Gasteiger partial charge in [-0.1, -0.05) is 25.0 Å². The van der Waals surface area contributed by atoms with Crippen LogP contribution in [0.25, 0.3) is 0 Å². The molecule has 0 radical (unpaired) electrons. The van der Waals surface area contributed by atoms with Crippen LogP contribution < -0.4 is 20.1 Å². The van der Waals surface area contributed by atoms with Crippen LogP contribution in [0.1, 0.15) is 54.4 Å². The van der Waals surface area contributed by atoms with Crippen LogP contribution >= 0.6 is 0 Å². The summed E-state index contributed by atoms with van der Waals surface area (Å²) in [6.07, 6.45) is -3.39. The van der Waals surface area contributed by atoms with Gasteiger partial charge in [0.25, 0.3) is 0 Å². The molecule has 2 aliphatic heterocycles. The van der Waals surface area contributed by atoms with Gasteiger partial charge in [-0.05, 0) is 104 Å². The van der Waals surface area contributed by atoms with Gasteiger partial charge < -0.3 is 20.1 Å². The van der Waals surface area contributed by atoms with Gasteiger partial charge in [0.2, 0.25) is 0 Å². The number of alkyl halides is 6. The van der Waals surface area contributed by atoms with E-state index in [-0.39, 0.29) is 23.0 Å². The lowest BCUT2D eigenvalue weighted by molar-refractivity contribution is -0.139. The molecule has 244 valence electrons. The first-order valence-corrected chi connectivity index (χ1v) is 15.5. The van der Waals surface area contributed by atoms with Crippen LogP contribution in [0.2, 0.25) is 0 Å². The molecule has 2 fully saturated rings. The summed E-state index contributed by atoms with van der Waals surface area (Å²) in [5, 5.41) is 6.65. The second-order valence-electron chi connectivity index (χ2n) is 11.8. The predicted molar refractivity (Wildman–Crippen MR) is 161 cm³/mol. The Labute approximate surface area is 259 Å². The van der Waals surface area contributed by atoms with Crippen molar-refractivity contribution >= 4 is 0 Å². The number of benzene rings is 3. The summed E-state index contributed by atoms with van der Waals surface area (Å²) in [6, 6.07) is 13.5. The molecule has 1 atom stereocenters. The van der Waals surface area contributed by atoms with Crippen molar-refractivity contribution in [1.29, 1.82) is 0 Å². The van der Waals surface area contributed by atoms with Crippen molar-refractivity contribution in [3.63, 3.8) is 0 Å². The van der Waals surface area contributed by atoms with Gasteiger partial charge in [-0.3, -0.25) is 4.90 Å². The SMILES string of the molecule is FC(F)(F)c1ccc(CC2CCCCNCCC2)cc1Oc1ccc(Oc2cc(CN3CCNCC3)ccc2C(F)(F)F)cc1. The minimum Gasteiger partial charge on any atom is -0.457 e. The highest BCUT2D eigenvalue weighted by atomic mass is 19.4. The molecule has 1 unspecified atom stereocenters. The molecule has 3 aromatic carbocycles. The summed E-state index contributed by atoms with van der Waals surface area (Å²) < 4.78 is 94.6. The molecule has 3 aromatic rings. The maximum Gasteiger partial charge on any atom is 0.419 e. The highest BCUT2D eigenvalue weighted by molar-refractivity contribution is 5.46. The molecule has 2 N–H and O–H groups in total. The Hall–Kier alpha value is -3.28. The maximum absolute atomic E-state index is 13.9. The summed E-state index contributed by atoms with van der Waals surface area (Å²) in [7, 11) is 0. The summed E-state index contributed by atoms with van der Waals surface area (Å²) >= 11 is 0. The summed E-state index contributed by atoms with van der Waals surface area (Å²) in [5.41, 5.74) is -0.336. The molecule has 0 aromatic heterocycles. The van der Waals surface area contributed by atoms with Crippen molar-refractivity contribution in [1.82, 2.24) is 15.5 Å². The van der Waals surface area contributed by atoms with E-state index in [1.165, 1.54) is 48.5 Å². The number of hydrogen-bond acceptors (Lipinski definition) is 5. The van der Waals surface area contributed by atoms with Crippen LogP contribution in [0.4, 0.5) is 26.3 Å². The highest BCUT2D eigenvalue weighted by Gasteiger charge is 2.36. The van der Waals surface area contributed by atoms with E-state index < -0.39 is 23.5 Å². The van der Waals surface area contributed by atoms with E-state index in [9.17, 15) is 26.3 Å². The highest BCUT2D eigenvalue weighted by Crippen LogP contribution is 2.41. The van der Waals surface area contributed by atoms with E-state index in [2.05, 4.69) is 15.5 Å². The minimum absolute atomic E-state index is 0.103. The minimum atomic E-state index is -4.63. The number of nitrogens with one attached hydrogen (secondary N) is 2. The molecule has 2 aliphatic rings. The fraction of sp³-hybridized carbons (Fsp3) is 0.471. The van der Waals surface area contributed by atoms with Crippen molar-refractivity contribution < 1.29 is 35.8 Å². The molecular formula is C34H39F6N3O2. The van der Waals surface area contributed by atoms with E-state index in [1.54, 1.807) is 0 Å². The fourth-order valence-corrected chi connectivity index (χ4v) is 5.96. The number of piperazine rings is 1. The molecule has 11 heteroatoms. The zero-order chi connectivity index (χ0) is 31.9. The maximum atomic E-state index is 13.9. The lowest BCUT2D eigenvalue weighted by Crippen LogP contribution is -2.42. The zero-order valence-corrected chi connectivity index (χ0v) is 25.1. The van der Waals surface area contributed by atoms with Crippen molar-refractivity contribution in [3.05, 3.63) is 82.9 Å². The van der Waals surface area contributed by atoms with E-state index in [0.29, 0.717) is 24.4 Å². The molecule has 0 aliphatic carbocycles. The molecule has 0 spiro atoms. The van der Waals surface area contributed by atoms with Crippen molar-refractivity contribution in [2.45, 2.75) is 57.4 Å². The molecular weight excluding hydrogens is 596 g/mol. The Bertz CT molecular complexity index is 1380. The monoisotopic (exact) mass is 635 g/mol. The van der Waals surface area contributed by atoms with Crippen LogP contribution in [-0.2, 0) is 25.3 Å². The van der Waals surface area contributed by atoms with Gasteiger partial charge in [0.1, 0.15) is 23.0 Å². The molecule has 45 heavy (non-hydrogen) atoms. The number of halogens is 6. The lowest BCUT2D eigenvalue weighted by atomic mass is 9.90. The Kier molecular flexibility index (Phi) is 10.9. The first kappa shape index (κ1) is 33.1. The van der Waals surface area contributed by atoms with Gasteiger partial charge in [0.15, 0.2) is 0 Å². The molecule has 0 amide bonds. The van der Waals surface area contributed by atoms with Crippen molar-refractivity contribution in [3.8, 4) is 23.0 Å². The lowest BCUT2D eigenvalue weighted by Gasteiger charge is -2.27. The van der Waals surface area contributed by atoms with Crippen molar-refractivity contribution in [2.75, 3.05) is 39.3 Å². The van der Waals surface area contributed by atoms with Crippen LogP contribution in [0.5, 0.6) is 23.0 Å². The predicted octanol–water partition coefficient (Wildman–Crippen LogP) is 8.43. The normalized spacial score (nSPS) is 18.9. The van der Waals surface area contributed by atoms with Gasteiger partial charge in [-0.2, -0.15) is 26.3 Å². The Morgan fingerprint density at radius 3 is 1.73 bits per heavy atom. The van der Waals surface area contributed by atoms with Crippen LogP contribution in [-0.4, -0.2) is 44.2 Å². The molecule has 0 saturated carbocycles. The Morgan fingerprint density at radius 2 is 1.13 bits per heavy atom. The van der Waals surface area contributed by atoms with Gasteiger partial charge in [-0.25, -0.2) is 0 Å².